The monoisotopic (exact) mass is 205 g/mol. The number of H-pyrrole nitrogens is 1. The van der Waals surface area contributed by atoms with E-state index in [1.807, 2.05) is 0 Å². The van der Waals surface area contributed by atoms with Gasteiger partial charge in [0.25, 0.3) is 0 Å². The molecule has 0 unspecified atom stereocenters. The molecule has 2 heterocycles. The van der Waals surface area contributed by atoms with Crippen LogP contribution < -0.4 is 10.1 Å². The van der Waals surface area contributed by atoms with Crippen LogP contribution in [0.15, 0.2) is 24.7 Å². The van der Waals surface area contributed by atoms with Gasteiger partial charge in [-0.3, -0.25) is 0 Å². The number of methoxy groups -OCH3 is 1. The number of nitrogens with one attached hydrogen (secondary N) is 2. The van der Waals surface area contributed by atoms with Gasteiger partial charge in [-0.05, 0) is 0 Å². The van der Waals surface area contributed by atoms with Gasteiger partial charge in [0.1, 0.15) is 5.82 Å². The zero-order valence-electron chi connectivity index (χ0n) is 8.27. The van der Waals surface area contributed by atoms with Crippen molar-refractivity contribution < 1.29 is 4.74 Å². The van der Waals surface area contributed by atoms with Crippen LogP contribution in [-0.4, -0.2) is 27.0 Å². The molecule has 0 aromatic carbocycles. The van der Waals surface area contributed by atoms with Crippen LogP contribution >= 0.6 is 0 Å². The van der Waals surface area contributed by atoms with Crippen molar-refractivity contribution in [1.29, 1.82) is 0 Å². The van der Waals surface area contributed by atoms with E-state index in [0.717, 1.165) is 5.82 Å². The summed E-state index contributed by atoms with van der Waals surface area (Å²) < 4.78 is 4.98. The fourth-order valence-electron chi connectivity index (χ4n) is 1.10. The van der Waals surface area contributed by atoms with Gasteiger partial charge in [-0.1, -0.05) is 0 Å². The molecule has 0 saturated carbocycles. The summed E-state index contributed by atoms with van der Waals surface area (Å²) in [6.07, 6.45) is 5.10. The average molecular weight is 205 g/mol. The Hall–Kier alpha value is -2.11. The molecule has 2 aromatic heterocycles. The number of anilines is 1. The van der Waals surface area contributed by atoms with Gasteiger partial charge in [0.05, 0.1) is 13.7 Å². The van der Waals surface area contributed by atoms with Crippen molar-refractivity contribution in [2.24, 2.45) is 0 Å². The van der Waals surface area contributed by atoms with Gasteiger partial charge in [0, 0.05) is 24.7 Å². The molecule has 0 aliphatic carbocycles. The SMILES string of the molecule is COc1ccnc(NCc2ncc[nH]2)n1. The number of rotatable bonds is 4. The van der Waals surface area contributed by atoms with Crippen molar-refractivity contribution in [3.05, 3.63) is 30.5 Å². The van der Waals surface area contributed by atoms with Crippen LogP contribution in [0, 0.1) is 0 Å². The third-order valence-electron chi connectivity index (χ3n) is 1.81. The Balaban J connectivity index is 1.98. The van der Waals surface area contributed by atoms with E-state index < -0.39 is 0 Å². The van der Waals surface area contributed by atoms with Crippen molar-refractivity contribution in [2.75, 3.05) is 12.4 Å². The van der Waals surface area contributed by atoms with Gasteiger partial charge < -0.3 is 15.0 Å². The lowest BCUT2D eigenvalue weighted by atomic mass is 10.6. The first-order valence-corrected chi connectivity index (χ1v) is 4.47. The maximum atomic E-state index is 4.98. The van der Waals surface area contributed by atoms with Gasteiger partial charge in [0.2, 0.25) is 11.8 Å². The average Bonchev–Trinajstić information content (AvgIpc) is 2.79. The fraction of sp³-hybridized carbons (Fsp3) is 0.222. The smallest absolute Gasteiger partial charge is 0.226 e. The van der Waals surface area contributed by atoms with E-state index in [4.69, 9.17) is 4.74 Å². The molecule has 15 heavy (non-hydrogen) atoms. The normalized spacial score (nSPS) is 9.93. The van der Waals surface area contributed by atoms with Gasteiger partial charge in [-0.15, -0.1) is 0 Å². The van der Waals surface area contributed by atoms with Crippen LogP contribution in [0.1, 0.15) is 5.82 Å². The Morgan fingerprint density at radius 2 is 2.33 bits per heavy atom. The summed E-state index contributed by atoms with van der Waals surface area (Å²) in [5.41, 5.74) is 0. The van der Waals surface area contributed by atoms with Crippen molar-refractivity contribution in [1.82, 2.24) is 19.9 Å². The second-order valence-corrected chi connectivity index (χ2v) is 2.81. The third kappa shape index (κ3) is 2.43. The summed E-state index contributed by atoms with van der Waals surface area (Å²) in [5.74, 6) is 1.89. The van der Waals surface area contributed by atoms with Crippen molar-refractivity contribution in [3.63, 3.8) is 0 Å². The van der Waals surface area contributed by atoms with Crippen LogP contribution in [0.4, 0.5) is 5.95 Å². The van der Waals surface area contributed by atoms with Gasteiger partial charge in [0.15, 0.2) is 0 Å². The minimum atomic E-state index is 0.519. The molecule has 6 heteroatoms. The van der Waals surface area contributed by atoms with Crippen LogP contribution in [-0.2, 0) is 6.54 Å². The molecule has 2 aromatic rings. The Labute approximate surface area is 86.7 Å². The minimum absolute atomic E-state index is 0.519. The molecule has 6 nitrogen and oxygen atoms in total. The maximum Gasteiger partial charge on any atom is 0.226 e. The highest BCUT2D eigenvalue weighted by Crippen LogP contribution is 2.07. The topological polar surface area (TPSA) is 75.7 Å². The van der Waals surface area contributed by atoms with Gasteiger partial charge in [-0.25, -0.2) is 9.97 Å². The molecule has 0 atom stereocenters. The highest BCUT2D eigenvalue weighted by Gasteiger charge is 1.99. The summed E-state index contributed by atoms with van der Waals surface area (Å²) in [4.78, 5) is 15.2. The van der Waals surface area contributed by atoms with E-state index in [1.165, 1.54) is 0 Å². The lowest BCUT2D eigenvalue weighted by Gasteiger charge is -2.03. The standard InChI is InChI=1S/C9H11N5O/c1-15-8-2-3-12-9(14-8)13-6-7-10-4-5-11-7/h2-5H,6H2,1H3,(H,10,11)(H,12,13,14). The first-order valence-electron chi connectivity index (χ1n) is 4.47. The largest absolute Gasteiger partial charge is 0.481 e. The van der Waals surface area contributed by atoms with E-state index >= 15 is 0 Å². The molecule has 0 saturated heterocycles. The second-order valence-electron chi connectivity index (χ2n) is 2.81. The fourth-order valence-corrected chi connectivity index (χ4v) is 1.10. The number of hydrogen-bond acceptors (Lipinski definition) is 5. The number of aromatic nitrogens is 4. The first-order chi connectivity index (χ1) is 7.38. The third-order valence-corrected chi connectivity index (χ3v) is 1.81. The van der Waals surface area contributed by atoms with E-state index in [-0.39, 0.29) is 0 Å². The first kappa shape index (κ1) is 9.45. The molecule has 0 fully saturated rings. The Bertz CT molecular complexity index is 414. The molecule has 2 rings (SSSR count). The Morgan fingerprint density at radius 3 is 3.07 bits per heavy atom. The molecular weight excluding hydrogens is 194 g/mol. The Kier molecular flexibility index (Phi) is 2.77. The lowest BCUT2D eigenvalue weighted by Crippen LogP contribution is -2.05. The molecule has 0 aliphatic rings. The van der Waals surface area contributed by atoms with Crippen molar-refractivity contribution >= 4 is 5.95 Å². The molecule has 0 bridgehead atoms. The predicted octanol–water partition coefficient (Wildman–Crippen LogP) is 0.820. The zero-order chi connectivity index (χ0) is 10.5. The second kappa shape index (κ2) is 4.41. The maximum absolute atomic E-state index is 4.98. The van der Waals surface area contributed by atoms with E-state index in [1.54, 1.807) is 31.8 Å². The lowest BCUT2D eigenvalue weighted by molar-refractivity contribution is 0.397. The molecule has 0 spiro atoms. The highest BCUT2D eigenvalue weighted by molar-refractivity contribution is 5.27. The van der Waals surface area contributed by atoms with Crippen LogP contribution in [0.5, 0.6) is 5.88 Å². The molecule has 2 N–H and O–H groups in total. The number of ether oxygens (including phenoxy) is 1. The summed E-state index contributed by atoms with van der Waals surface area (Å²) >= 11 is 0. The summed E-state index contributed by atoms with van der Waals surface area (Å²) in [5, 5.41) is 3.03. The molecule has 0 radical (unpaired) electrons. The highest BCUT2D eigenvalue weighted by atomic mass is 16.5. The van der Waals surface area contributed by atoms with Crippen LogP contribution in [0.25, 0.3) is 0 Å². The molecule has 0 amide bonds. The molecule has 0 aliphatic heterocycles. The quantitative estimate of drug-likeness (QED) is 0.772. The summed E-state index contributed by atoms with van der Waals surface area (Å²) in [6.45, 7) is 0.556. The number of aromatic amines is 1. The van der Waals surface area contributed by atoms with Crippen LogP contribution in [0.3, 0.4) is 0 Å². The van der Waals surface area contributed by atoms with Gasteiger partial charge in [-0.2, -0.15) is 4.98 Å². The molecule has 78 valence electrons. The number of hydrogen-bond donors (Lipinski definition) is 2. The molecular formula is C9H11N5O. The van der Waals surface area contributed by atoms with Crippen LogP contribution in [0.2, 0.25) is 0 Å². The summed E-state index contributed by atoms with van der Waals surface area (Å²) in [6, 6.07) is 1.69. The number of nitrogens with zero attached hydrogens (tertiary/aromatic N) is 3. The van der Waals surface area contributed by atoms with E-state index in [0.29, 0.717) is 18.4 Å². The van der Waals surface area contributed by atoms with Crippen molar-refractivity contribution in [2.45, 2.75) is 6.54 Å². The minimum Gasteiger partial charge on any atom is -0.481 e. The predicted molar refractivity (Wildman–Crippen MR) is 54.5 cm³/mol. The van der Waals surface area contributed by atoms with Gasteiger partial charge >= 0.3 is 0 Å². The summed E-state index contributed by atoms with van der Waals surface area (Å²) in [7, 11) is 1.57. The van der Waals surface area contributed by atoms with E-state index in [2.05, 4.69) is 25.3 Å². The van der Waals surface area contributed by atoms with Crippen molar-refractivity contribution in [3.8, 4) is 5.88 Å². The number of imidazole rings is 1. The zero-order valence-corrected chi connectivity index (χ0v) is 8.27. The van der Waals surface area contributed by atoms with E-state index in [9.17, 15) is 0 Å². The Morgan fingerprint density at radius 1 is 1.40 bits per heavy atom.